The molecule has 1 rings (SSSR count). The Bertz CT molecular complexity index is 29.3. The van der Waals surface area contributed by atoms with E-state index < -0.39 is 0 Å². The van der Waals surface area contributed by atoms with Gasteiger partial charge in [0.2, 0.25) is 0 Å². The van der Waals surface area contributed by atoms with Gasteiger partial charge in [0.1, 0.15) is 0 Å². The van der Waals surface area contributed by atoms with Gasteiger partial charge in [-0.05, 0) is 6.92 Å². The Morgan fingerprint density at radius 1 is 0.818 bits per heavy atom. The minimum Gasteiger partial charge on any atom is -0.103 e. The molecule has 0 saturated heterocycles. The predicted molar refractivity (Wildman–Crippen MR) is 57.0 cm³/mol. The Kier molecular flexibility index (Phi) is 51.2. The fourth-order valence-electron chi connectivity index (χ4n) is 0.250. The minimum atomic E-state index is 1.50. The van der Waals surface area contributed by atoms with Gasteiger partial charge < -0.3 is 0 Å². The van der Waals surface area contributed by atoms with Crippen molar-refractivity contribution in [3.63, 3.8) is 0 Å². The van der Waals surface area contributed by atoms with Gasteiger partial charge in [-0.15, -0.1) is 6.58 Å². The molecule has 0 radical (unpaired) electrons. The summed E-state index contributed by atoms with van der Waals surface area (Å²) in [6.07, 6.45) is 7.75. The molecular formula is C11H26. The number of hydrogen-bond donors (Lipinski definition) is 0. The van der Waals surface area contributed by atoms with Gasteiger partial charge in [-0.25, -0.2) is 0 Å². The average molecular weight is 158 g/mol. The van der Waals surface area contributed by atoms with Crippen LogP contribution in [0.5, 0.6) is 0 Å². The summed E-state index contributed by atoms with van der Waals surface area (Å²) in [4.78, 5) is 0. The van der Waals surface area contributed by atoms with Crippen LogP contribution in [0.4, 0.5) is 0 Å². The van der Waals surface area contributed by atoms with E-state index in [9.17, 15) is 0 Å². The second-order valence-corrected chi connectivity index (χ2v) is 1.82. The van der Waals surface area contributed by atoms with Crippen LogP contribution in [0.15, 0.2) is 12.7 Å². The van der Waals surface area contributed by atoms with Crippen LogP contribution in [0.3, 0.4) is 0 Å². The second-order valence-electron chi connectivity index (χ2n) is 1.82. The summed E-state index contributed by atoms with van der Waals surface area (Å²) in [7, 11) is 0. The average Bonchev–Trinajstić information content (AvgIpc) is 1.93. The molecule has 1 aliphatic carbocycles. The zero-order chi connectivity index (χ0) is 9.54. The monoisotopic (exact) mass is 158 g/mol. The number of hydrogen-bond acceptors (Lipinski definition) is 0. The van der Waals surface area contributed by atoms with Crippen LogP contribution in [0.1, 0.15) is 60.3 Å². The molecule has 0 atom stereocenters. The van der Waals surface area contributed by atoms with Gasteiger partial charge in [0.25, 0.3) is 0 Å². The number of allylic oxidation sites excluding steroid dienone is 1. The van der Waals surface area contributed by atoms with Crippen molar-refractivity contribution in [1.29, 1.82) is 0 Å². The lowest BCUT2D eigenvalue weighted by molar-refractivity contribution is 0.504. The summed E-state index contributed by atoms with van der Waals surface area (Å²) < 4.78 is 0. The van der Waals surface area contributed by atoms with E-state index in [0.717, 1.165) is 0 Å². The highest BCUT2D eigenvalue weighted by molar-refractivity contribution is 4.51. The Hall–Kier alpha value is -0.260. The van der Waals surface area contributed by atoms with E-state index in [2.05, 4.69) is 6.58 Å². The topological polar surface area (TPSA) is 0 Å². The van der Waals surface area contributed by atoms with E-state index in [1.165, 1.54) is 25.7 Å². The van der Waals surface area contributed by atoms with E-state index in [0.29, 0.717) is 0 Å². The van der Waals surface area contributed by atoms with Crippen molar-refractivity contribution in [3.05, 3.63) is 12.7 Å². The fraction of sp³-hybridized carbons (Fsp3) is 0.818. The molecule has 0 amide bonds. The maximum Gasteiger partial charge on any atom is -0.0473 e. The highest BCUT2D eigenvalue weighted by Gasteiger charge is 1.95. The normalized spacial score (nSPS) is 11.0. The van der Waals surface area contributed by atoms with E-state index in [1.54, 1.807) is 6.08 Å². The first-order chi connectivity index (χ1) is 5.41. The van der Waals surface area contributed by atoms with Crippen LogP contribution >= 0.6 is 0 Å². The van der Waals surface area contributed by atoms with E-state index in [4.69, 9.17) is 0 Å². The third-order valence-corrected chi connectivity index (χ3v) is 1.000. The van der Waals surface area contributed by atoms with Gasteiger partial charge in [0.15, 0.2) is 0 Å². The molecule has 0 unspecified atom stereocenters. The van der Waals surface area contributed by atoms with E-state index >= 15 is 0 Å². The molecule has 0 aromatic heterocycles. The fourth-order valence-corrected chi connectivity index (χ4v) is 0.250. The van der Waals surface area contributed by atoms with E-state index in [-0.39, 0.29) is 0 Å². The third kappa shape index (κ3) is 41.7. The van der Waals surface area contributed by atoms with Gasteiger partial charge in [-0.2, -0.15) is 0 Å². The molecule has 0 aliphatic heterocycles. The van der Waals surface area contributed by atoms with Crippen molar-refractivity contribution in [3.8, 4) is 0 Å². The Balaban J connectivity index is -0.0000000835. The van der Waals surface area contributed by atoms with Crippen LogP contribution in [-0.2, 0) is 0 Å². The molecule has 1 aliphatic rings. The van der Waals surface area contributed by atoms with Gasteiger partial charge in [-0.3, -0.25) is 0 Å². The maximum atomic E-state index is 3.36. The molecule has 0 N–H and O–H groups in total. The summed E-state index contributed by atoms with van der Waals surface area (Å²) in [5, 5.41) is 0. The first-order valence-electron chi connectivity index (χ1n) is 4.99. The van der Waals surface area contributed by atoms with Crippen molar-refractivity contribution in [2.24, 2.45) is 0 Å². The lowest BCUT2D eigenvalue weighted by Gasteiger charge is -2.05. The SMILES string of the molecule is C1CCC1.C=CC.CC.CC. The van der Waals surface area contributed by atoms with Gasteiger partial charge in [0, 0.05) is 0 Å². The second kappa shape index (κ2) is 33.1. The van der Waals surface area contributed by atoms with Crippen molar-refractivity contribution in [1.82, 2.24) is 0 Å². The standard InChI is InChI=1S/C4H8.C3H6.2C2H6/c1-2-4-3-1;1-3-2;2*1-2/h1-4H2;3H,1H2,2H3;2*1-2H3. The maximum absolute atomic E-state index is 3.36. The van der Waals surface area contributed by atoms with Gasteiger partial charge in [-0.1, -0.05) is 59.5 Å². The van der Waals surface area contributed by atoms with Gasteiger partial charge >= 0.3 is 0 Å². The smallest absolute Gasteiger partial charge is 0.0473 e. The molecule has 70 valence electrons. The first-order valence-corrected chi connectivity index (χ1v) is 4.99. The summed E-state index contributed by atoms with van der Waals surface area (Å²) in [6.45, 7) is 13.2. The molecule has 0 aromatic rings. The Morgan fingerprint density at radius 2 is 0.909 bits per heavy atom. The van der Waals surface area contributed by atoms with Crippen LogP contribution in [0.25, 0.3) is 0 Å². The molecular weight excluding hydrogens is 132 g/mol. The van der Waals surface area contributed by atoms with Crippen LogP contribution in [0.2, 0.25) is 0 Å². The van der Waals surface area contributed by atoms with Crippen LogP contribution < -0.4 is 0 Å². The molecule has 1 fully saturated rings. The van der Waals surface area contributed by atoms with Crippen LogP contribution in [0, 0.1) is 0 Å². The van der Waals surface area contributed by atoms with Crippen molar-refractivity contribution in [2.75, 3.05) is 0 Å². The molecule has 0 spiro atoms. The van der Waals surface area contributed by atoms with Crippen LogP contribution in [-0.4, -0.2) is 0 Å². The van der Waals surface area contributed by atoms with Crippen molar-refractivity contribution < 1.29 is 0 Å². The third-order valence-electron chi connectivity index (χ3n) is 1.000. The summed E-state index contributed by atoms with van der Waals surface area (Å²) in [5.41, 5.74) is 0. The molecule has 11 heavy (non-hydrogen) atoms. The highest BCUT2D eigenvalue weighted by Crippen LogP contribution is 2.15. The largest absolute Gasteiger partial charge is 0.103 e. The quantitative estimate of drug-likeness (QED) is 0.444. The molecule has 0 nitrogen and oxygen atoms in total. The van der Waals surface area contributed by atoms with Gasteiger partial charge in [0.05, 0.1) is 0 Å². The molecule has 0 aromatic carbocycles. The molecule has 0 heteroatoms. The van der Waals surface area contributed by atoms with Crippen molar-refractivity contribution >= 4 is 0 Å². The summed E-state index contributed by atoms with van der Waals surface area (Å²) in [5.74, 6) is 0. The zero-order valence-corrected chi connectivity index (χ0v) is 9.11. The lowest BCUT2D eigenvalue weighted by Crippen LogP contribution is -1.85. The highest BCUT2D eigenvalue weighted by atomic mass is 14.0. The summed E-state index contributed by atoms with van der Waals surface area (Å²) in [6, 6.07) is 0. The first kappa shape index (κ1) is 17.0. The predicted octanol–water partition coefficient (Wildman–Crippen LogP) is 4.81. The Labute approximate surface area is 73.7 Å². The minimum absolute atomic E-state index is 1.50. The molecule has 1 saturated carbocycles. The van der Waals surface area contributed by atoms with E-state index in [1.807, 2.05) is 34.6 Å². The molecule has 0 heterocycles. The Morgan fingerprint density at radius 3 is 0.909 bits per heavy atom. The zero-order valence-electron chi connectivity index (χ0n) is 9.11. The lowest BCUT2D eigenvalue weighted by atomic mass is 10.0. The summed E-state index contributed by atoms with van der Waals surface area (Å²) >= 11 is 0. The molecule has 0 bridgehead atoms. The van der Waals surface area contributed by atoms with Crippen molar-refractivity contribution in [2.45, 2.75) is 60.3 Å². The number of rotatable bonds is 0.